The number of rotatable bonds is 6. The summed E-state index contributed by atoms with van der Waals surface area (Å²) in [6.45, 7) is 2.82. The van der Waals surface area contributed by atoms with Crippen molar-refractivity contribution in [3.8, 4) is 22.9 Å². The van der Waals surface area contributed by atoms with Crippen molar-refractivity contribution in [1.82, 2.24) is 9.97 Å². The zero-order chi connectivity index (χ0) is 22.9. The fourth-order valence-electron chi connectivity index (χ4n) is 4.18. The number of fused-ring (bicyclic) bond motifs is 3. The Morgan fingerprint density at radius 1 is 1.09 bits per heavy atom. The fourth-order valence-corrected chi connectivity index (χ4v) is 6.44. The van der Waals surface area contributed by atoms with Gasteiger partial charge in [-0.05, 0) is 81.7 Å². The molecule has 2 heterocycles. The summed E-state index contributed by atoms with van der Waals surface area (Å²) in [4.78, 5) is 23.0. The molecule has 0 spiro atoms. The number of aromatic amines is 1. The summed E-state index contributed by atoms with van der Waals surface area (Å²) in [7, 11) is 0. The predicted molar refractivity (Wildman–Crippen MR) is 140 cm³/mol. The largest absolute Gasteiger partial charge is 0.490 e. The molecule has 0 bridgehead atoms. The smallest absolute Gasteiger partial charge is 0.260 e. The molecule has 33 heavy (non-hydrogen) atoms. The van der Waals surface area contributed by atoms with Crippen molar-refractivity contribution >= 4 is 53.4 Å². The van der Waals surface area contributed by atoms with Crippen LogP contribution in [-0.2, 0) is 19.4 Å². The highest BCUT2D eigenvalue weighted by Crippen LogP contribution is 2.46. The highest BCUT2D eigenvalue weighted by molar-refractivity contribution is 9.13. The SMILES string of the molecule is CCOc1cc(-c2nc3sc4c(c3c(=O)[nH]2)CCCC4)c(Br)c(Br)c1OCc1ccccc1. The topological polar surface area (TPSA) is 64.2 Å². The van der Waals surface area contributed by atoms with Crippen LogP contribution in [0, 0.1) is 0 Å². The zero-order valence-corrected chi connectivity index (χ0v) is 22.0. The molecule has 1 aliphatic rings. The molecule has 5 nitrogen and oxygen atoms in total. The van der Waals surface area contributed by atoms with E-state index in [1.807, 2.05) is 43.3 Å². The van der Waals surface area contributed by atoms with Crippen molar-refractivity contribution in [2.24, 2.45) is 0 Å². The van der Waals surface area contributed by atoms with E-state index in [0.29, 0.717) is 35.0 Å². The highest BCUT2D eigenvalue weighted by atomic mass is 79.9. The van der Waals surface area contributed by atoms with Crippen molar-refractivity contribution < 1.29 is 9.47 Å². The van der Waals surface area contributed by atoms with Crippen molar-refractivity contribution in [2.75, 3.05) is 6.61 Å². The van der Waals surface area contributed by atoms with E-state index >= 15 is 0 Å². The van der Waals surface area contributed by atoms with E-state index in [-0.39, 0.29) is 5.56 Å². The van der Waals surface area contributed by atoms with Crippen LogP contribution in [0.2, 0.25) is 0 Å². The molecule has 1 N–H and O–H groups in total. The molecule has 0 saturated carbocycles. The number of nitrogens with zero attached hydrogens (tertiary/aromatic N) is 1. The van der Waals surface area contributed by atoms with E-state index in [2.05, 4.69) is 36.8 Å². The molecule has 0 fully saturated rings. The lowest BCUT2D eigenvalue weighted by molar-refractivity contribution is 0.267. The molecule has 5 rings (SSSR count). The predicted octanol–water partition coefficient (Wildman–Crippen LogP) is 7.03. The van der Waals surface area contributed by atoms with Crippen LogP contribution in [-0.4, -0.2) is 16.6 Å². The summed E-state index contributed by atoms with van der Waals surface area (Å²) in [5.74, 6) is 1.70. The van der Waals surface area contributed by atoms with Crippen LogP contribution in [0.4, 0.5) is 0 Å². The summed E-state index contributed by atoms with van der Waals surface area (Å²) in [6.07, 6.45) is 4.28. The van der Waals surface area contributed by atoms with Crippen molar-refractivity contribution in [2.45, 2.75) is 39.2 Å². The van der Waals surface area contributed by atoms with Crippen molar-refractivity contribution in [1.29, 1.82) is 0 Å². The lowest BCUT2D eigenvalue weighted by Gasteiger charge is -2.17. The Bertz CT molecular complexity index is 1380. The van der Waals surface area contributed by atoms with Crippen molar-refractivity contribution in [3.63, 3.8) is 0 Å². The Kier molecular flexibility index (Phi) is 6.58. The number of hydrogen-bond donors (Lipinski definition) is 1. The summed E-state index contributed by atoms with van der Waals surface area (Å²) < 4.78 is 13.5. The molecule has 0 aliphatic heterocycles. The molecule has 0 amide bonds. The van der Waals surface area contributed by atoms with Gasteiger partial charge in [0.1, 0.15) is 17.3 Å². The number of ether oxygens (including phenoxy) is 2. The lowest BCUT2D eigenvalue weighted by Crippen LogP contribution is -2.11. The first-order valence-electron chi connectivity index (χ1n) is 10.9. The molecular formula is C25H22Br2N2O3S. The van der Waals surface area contributed by atoms with Crippen molar-refractivity contribution in [3.05, 3.63) is 71.7 Å². The van der Waals surface area contributed by atoms with E-state index in [4.69, 9.17) is 14.5 Å². The number of benzene rings is 2. The quantitative estimate of drug-likeness (QED) is 0.262. The number of halogens is 2. The maximum absolute atomic E-state index is 13.1. The van der Waals surface area contributed by atoms with Gasteiger partial charge in [-0.15, -0.1) is 11.3 Å². The highest BCUT2D eigenvalue weighted by Gasteiger charge is 2.23. The van der Waals surface area contributed by atoms with Gasteiger partial charge in [0.05, 0.1) is 16.5 Å². The van der Waals surface area contributed by atoms with Crippen LogP contribution >= 0.6 is 43.2 Å². The summed E-state index contributed by atoms with van der Waals surface area (Å²) >= 11 is 8.99. The number of H-pyrrole nitrogens is 1. The van der Waals surface area contributed by atoms with Gasteiger partial charge in [-0.25, -0.2) is 4.98 Å². The number of thiophene rings is 1. The normalized spacial score (nSPS) is 13.2. The van der Waals surface area contributed by atoms with Gasteiger partial charge in [0, 0.05) is 14.9 Å². The first-order valence-corrected chi connectivity index (χ1v) is 13.3. The molecule has 4 aromatic rings. The molecule has 2 aromatic heterocycles. The number of aryl methyl sites for hydroxylation is 2. The van der Waals surface area contributed by atoms with Gasteiger partial charge < -0.3 is 14.5 Å². The Morgan fingerprint density at radius 2 is 1.88 bits per heavy atom. The zero-order valence-electron chi connectivity index (χ0n) is 18.0. The Balaban J connectivity index is 1.58. The molecule has 0 unspecified atom stereocenters. The van der Waals surface area contributed by atoms with Gasteiger partial charge in [0.2, 0.25) is 0 Å². The molecule has 1 aliphatic carbocycles. The number of hydrogen-bond acceptors (Lipinski definition) is 5. The van der Waals surface area contributed by atoms with Gasteiger partial charge in [0.15, 0.2) is 11.5 Å². The minimum atomic E-state index is -0.0835. The molecule has 8 heteroatoms. The summed E-state index contributed by atoms with van der Waals surface area (Å²) in [6, 6.07) is 11.8. The maximum Gasteiger partial charge on any atom is 0.260 e. The average molecular weight is 590 g/mol. The van der Waals surface area contributed by atoms with Crippen LogP contribution in [0.1, 0.15) is 35.8 Å². The first kappa shape index (κ1) is 22.6. The standard InChI is InChI=1S/C25H22Br2N2O3S/c1-2-31-17-12-16(20(26)21(27)22(17)32-13-14-8-4-3-5-9-14)23-28-24(30)19-15-10-6-7-11-18(15)33-25(19)29-23/h3-5,8-9,12H,2,6-7,10-11,13H2,1H3,(H,28,29,30). The van der Waals surface area contributed by atoms with Crippen LogP contribution in [0.3, 0.4) is 0 Å². The van der Waals surface area contributed by atoms with E-state index in [1.165, 1.54) is 16.9 Å². The molecule has 0 atom stereocenters. The summed E-state index contributed by atoms with van der Waals surface area (Å²) in [5.41, 5.74) is 2.90. The van der Waals surface area contributed by atoms with Crippen LogP contribution in [0.5, 0.6) is 11.5 Å². The molecule has 0 radical (unpaired) electrons. The second-order valence-corrected chi connectivity index (χ2v) is 10.6. The molecule has 0 saturated heterocycles. The van der Waals surface area contributed by atoms with Crippen LogP contribution in [0.25, 0.3) is 21.6 Å². The second kappa shape index (κ2) is 9.60. The Morgan fingerprint density at radius 3 is 2.67 bits per heavy atom. The van der Waals surface area contributed by atoms with E-state index in [9.17, 15) is 4.79 Å². The van der Waals surface area contributed by atoms with Crippen LogP contribution in [0.15, 0.2) is 50.1 Å². The van der Waals surface area contributed by atoms with E-state index < -0.39 is 0 Å². The maximum atomic E-state index is 13.1. The third-order valence-electron chi connectivity index (χ3n) is 5.73. The number of aromatic nitrogens is 2. The third kappa shape index (κ3) is 4.36. The molecule has 170 valence electrons. The molecular weight excluding hydrogens is 568 g/mol. The Labute approximate surface area is 212 Å². The van der Waals surface area contributed by atoms with Gasteiger partial charge in [-0.1, -0.05) is 30.3 Å². The second-order valence-electron chi connectivity index (χ2n) is 7.89. The van der Waals surface area contributed by atoms with Gasteiger partial charge in [0.25, 0.3) is 5.56 Å². The van der Waals surface area contributed by atoms with Gasteiger partial charge in [-0.2, -0.15) is 0 Å². The minimum Gasteiger partial charge on any atom is -0.490 e. The fraction of sp³-hybridized carbons (Fsp3) is 0.280. The monoisotopic (exact) mass is 588 g/mol. The third-order valence-corrected chi connectivity index (χ3v) is 9.03. The Hall–Kier alpha value is -2.16. The lowest BCUT2D eigenvalue weighted by atomic mass is 9.97. The van der Waals surface area contributed by atoms with Gasteiger partial charge in [-0.3, -0.25) is 4.79 Å². The summed E-state index contributed by atoms with van der Waals surface area (Å²) in [5, 5.41) is 0.751. The first-order chi connectivity index (χ1) is 16.1. The average Bonchev–Trinajstić information content (AvgIpc) is 3.21. The molecule has 2 aromatic carbocycles. The number of nitrogens with one attached hydrogen (secondary N) is 1. The van der Waals surface area contributed by atoms with E-state index in [0.717, 1.165) is 45.1 Å². The minimum absolute atomic E-state index is 0.0835. The van der Waals surface area contributed by atoms with Crippen LogP contribution < -0.4 is 15.0 Å². The van der Waals surface area contributed by atoms with Gasteiger partial charge >= 0.3 is 0 Å². The van der Waals surface area contributed by atoms with E-state index in [1.54, 1.807) is 11.3 Å².